The van der Waals surface area contributed by atoms with Crippen LogP contribution >= 0.6 is 27.7 Å². The van der Waals surface area contributed by atoms with Gasteiger partial charge in [0.25, 0.3) is 5.91 Å². The van der Waals surface area contributed by atoms with Gasteiger partial charge in [0.15, 0.2) is 11.8 Å². The standard InChI is InChI=1S/C15H15BrN4O2S/c1-10-7-14(19-15(18-10)23-2)22-9-13(21)20-17-8-11-3-5-12(16)6-4-11/h3-8H,9H2,1-2H3,(H,20,21). The summed E-state index contributed by atoms with van der Waals surface area (Å²) in [4.78, 5) is 20.1. The Morgan fingerprint density at radius 1 is 1.39 bits per heavy atom. The summed E-state index contributed by atoms with van der Waals surface area (Å²) in [5, 5.41) is 4.48. The molecule has 0 fully saturated rings. The van der Waals surface area contributed by atoms with Crippen LogP contribution in [0.5, 0.6) is 5.88 Å². The third-order valence-corrected chi connectivity index (χ3v) is 3.69. The summed E-state index contributed by atoms with van der Waals surface area (Å²) in [5.41, 5.74) is 4.07. The fraction of sp³-hybridized carbons (Fsp3) is 0.200. The molecular weight excluding hydrogens is 380 g/mol. The van der Waals surface area contributed by atoms with E-state index in [1.807, 2.05) is 37.4 Å². The van der Waals surface area contributed by atoms with Crippen molar-refractivity contribution < 1.29 is 9.53 Å². The molecule has 1 N–H and O–H groups in total. The molecule has 0 bridgehead atoms. The van der Waals surface area contributed by atoms with Crippen LogP contribution < -0.4 is 10.2 Å². The highest BCUT2D eigenvalue weighted by molar-refractivity contribution is 9.10. The Morgan fingerprint density at radius 3 is 2.83 bits per heavy atom. The van der Waals surface area contributed by atoms with Gasteiger partial charge in [-0.2, -0.15) is 10.1 Å². The van der Waals surface area contributed by atoms with E-state index in [1.165, 1.54) is 11.8 Å². The quantitative estimate of drug-likeness (QED) is 0.352. The molecule has 0 spiro atoms. The van der Waals surface area contributed by atoms with Crippen LogP contribution in [0.1, 0.15) is 11.3 Å². The minimum Gasteiger partial charge on any atom is -0.467 e. The number of nitrogens with one attached hydrogen (secondary N) is 1. The number of rotatable bonds is 6. The lowest BCUT2D eigenvalue weighted by Crippen LogP contribution is -2.24. The molecule has 0 saturated heterocycles. The Balaban J connectivity index is 1.83. The fourth-order valence-electron chi connectivity index (χ4n) is 1.58. The van der Waals surface area contributed by atoms with Crippen LogP contribution in [-0.2, 0) is 4.79 Å². The van der Waals surface area contributed by atoms with E-state index in [4.69, 9.17) is 4.74 Å². The van der Waals surface area contributed by atoms with Crippen LogP contribution in [0.2, 0.25) is 0 Å². The van der Waals surface area contributed by atoms with Crippen molar-refractivity contribution in [1.82, 2.24) is 15.4 Å². The second-order valence-electron chi connectivity index (χ2n) is 4.47. The average molecular weight is 395 g/mol. The van der Waals surface area contributed by atoms with E-state index in [0.717, 1.165) is 15.7 Å². The number of thioether (sulfide) groups is 1. The predicted octanol–water partition coefficient (Wildman–Crippen LogP) is 2.80. The molecule has 23 heavy (non-hydrogen) atoms. The second kappa shape index (κ2) is 8.64. The van der Waals surface area contributed by atoms with E-state index in [-0.39, 0.29) is 12.5 Å². The van der Waals surface area contributed by atoms with Gasteiger partial charge >= 0.3 is 0 Å². The molecule has 8 heteroatoms. The molecule has 2 rings (SSSR count). The van der Waals surface area contributed by atoms with E-state index in [9.17, 15) is 4.79 Å². The number of amides is 1. The fourth-order valence-corrected chi connectivity index (χ4v) is 2.26. The molecule has 120 valence electrons. The minimum atomic E-state index is -0.361. The second-order valence-corrected chi connectivity index (χ2v) is 6.16. The smallest absolute Gasteiger partial charge is 0.278 e. The number of hydrogen-bond acceptors (Lipinski definition) is 6. The summed E-state index contributed by atoms with van der Waals surface area (Å²) in [5.74, 6) is 0.00853. The van der Waals surface area contributed by atoms with Crippen molar-refractivity contribution >= 4 is 39.8 Å². The molecule has 1 heterocycles. The van der Waals surface area contributed by atoms with Crippen molar-refractivity contribution in [2.45, 2.75) is 12.1 Å². The van der Waals surface area contributed by atoms with Crippen molar-refractivity contribution in [3.63, 3.8) is 0 Å². The third kappa shape index (κ3) is 5.99. The topological polar surface area (TPSA) is 76.5 Å². The third-order valence-electron chi connectivity index (χ3n) is 2.62. The number of carbonyl (C=O) groups is 1. The molecule has 1 aromatic carbocycles. The van der Waals surface area contributed by atoms with Crippen molar-refractivity contribution in [2.75, 3.05) is 12.9 Å². The first-order valence-corrected chi connectivity index (χ1v) is 8.68. The van der Waals surface area contributed by atoms with Crippen LogP contribution in [0.15, 0.2) is 45.1 Å². The molecule has 0 atom stereocenters. The molecule has 0 aliphatic rings. The van der Waals surface area contributed by atoms with E-state index in [1.54, 1.807) is 12.3 Å². The van der Waals surface area contributed by atoms with Crippen molar-refractivity contribution in [1.29, 1.82) is 0 Å². The number of ether oxygens (including phenoxy) is 1. The lowest BCUT2D eigenvalue weighted by Gasteiger charge is -2.06. The molecule has 0 unspecified atom stereocenters. The number of aromatic nitrogens is 2. The highest BCUT2D eigenvalue weighted by atomic mass is 79.9. The number of halogens is 1. The van der Waals surface area contributed by atoms with Gasteiger partial charge in [0.05, 0.1) is 6.21 Å². The largest absolute Gasteiger partial charge is 0.467 e. The number of nitrogens with zero attached hydrogens (tertiary/aromatic N) is 3. The Kier molecular flexibility index (Phi) is 6.54. The van der Waals surface area contributed by atoms with Gasteiger partial charge < -0.3 is 4.74 Å². The monoisotopic (exact) mass is 394 g/mol. The first kappa shape index (κ1) is 17.4. The molecular formula is C15H15BrN4O2S. The first-order valence-electron chi connectivity index (χ1n) is 6.67. The summed E-state index contributed by atoms with van der Waals surface area (Å²) in [7, 11) is 0. The lowest BCUT2D eigenvalue weighted by atomic mass is 10.2. The van der Waals surface area contributed by atoms with Crippen molar-refractivity contribution in [3.8, 4) is 5.88 Å². The van der Waals surface area contributed by atoms with E-state index >= 15 is 0 Å². The van der Waals surface area contributed by atoms with Crippen LogP contribution in [0, 0.1) is 6.92 Å². The van der Waals surface area contributed by atoms with Gasteiger partial charge in [-0.05, 0) is 30.9 Å². The summed E-state index contributed by atoms with van der Waals surface area (Å²) >= 11 is 4.77. The Labute approximate surface area is 146 Å². The number of hydrogen-bond donors (Lipinski definition) is 1. The van der Waals surface area contributed by atoms with Gasteiger partial charge in [0, 0.05) is 16.2 Å². The molecule has 0 aliphatic carbocycles. The van der Waals surface area contributed by atoms with Gasteiger partial charge in [0.1, 0.15) is 0 Å². The SMILES string of the molecule is CSc1nc(C)cc(OCC(=O)NN=Cc2ccc(Br)cc2)n1. The summed E-state index contributed by atoms with van der Waals surface area (Å²) in [6, 6.07) is 9.23. The summed E-state index contributed by atoms with van der Waals surface area (Å²) in [6.07, 6.45) is 3.44. The highest BCUT2D eigenvalue weighted by Gasteiger charge is 2.05. The Morgan fingerprint density at radius 2 is 2.13 bits per heavy atom. The van der Waals surface area contributed by atoms with Crippen LogP contribution in [0.3, 0.4) is 0 Å². The molecule has 0 radical (unpaired) electrons. The van der Waals surface area contributed by atoms with Crippen molar-refractivity contribution in [3.05, 3.63) is 46.1 Å². The predicted molar refractivity (Wildman–Crippen MR) is 93.9 cm³/mol. The van der Waals surface area contributed by atoms with Gasteiger partial charge in [-0.15, -0.1) is 0 Å². The van der Waals surface area contributed by atoms with Crippen LogP contribution in [-0.4, -0.2) is 35.0 Å². The lowest BCUT2D eigenvalue weighted by molar-refractivity contribution is -0.123. The zero-order chi connectivity index (χ0) is 16.7. The van der Waals surface area contributed by atoms with Gasteiger partial charge in [-0.3, -0.25) is 4.79 Å². The number of hydrazone groups is 1. The van der Waals surface area contributed by atoms with Crippen LogP contribution in [0.25, 0.3) is 0 Å². The summed E-state index contributed by atoms with van der Waals surface area (Å²) < 4.78 is 6.34. The number of carbonyl (C=O) groups excluding carboxylic acids is 1. The van der Waals surface area contributed by atoms with Crippen LogP contribution in [0.4, 0.5) is 0 Å². The van der Waals surface area contributed by atoms with E-state index < -0.39 is 0 Å². The summed E-state index contributed by atoms with van der Waals surface area (Å²) in [6.45, 7) is 1.68. The van der Waals surface area contributed by atoms with Gasteiger partial charge in [-0.1, -0.05) is 39.8 Å². The van der Waals surface area contributed by atoms with Crippen molar-refractivity contribution in [2.24, 2.45) is 5.10 Å². The molecule has 1 amide bonds. The molecule has 1 aromatic heterocycles. The zero-order valence-electron chi connectivity index (χ0n) is 12.6. The zero-order valence-corrected chi connectivity index (χ0v) is 15.0. The Bertz CT molecular complexity index is 707. The highest BCUT2D eigenvalue weighted by Crippen LogP contribution is 2.15. The first-order chi connectivity index (χ1) is 11.1. The van der Waals surface area contributed by atoms with Gasteiger partial charge in [-0.25, -0.2) is 10.4 Å². The maximum atomic E-state index is 11.7. The maximum absolute atomic E-state index is 11.7. The number of aryl methyl sites for hydroxylation is 1. The maximum Gasteiger partial charge on any atom is 0.278 e. The van der Waals surface area contributed by atoms with E-state index in [0.29, 0.717) is 11.0 Å². The van der Waals surface area contributed by atoms with E-state index in [2.05, 4.69) is 36.4 Å². The minimum absolute atomic E-state index is 0.165. The van der Waals surface area contributed by atoms with Gasteiger partial charge in [0.2, 0.25) is 5.88 Å². The Hall–Kier alpha value is -1.93. The number of benzene rings is 1. The molecule has 0 aliphatic heterocycles. The average Bonchev–Trinajstić information content (AvgIpc) is 2.54. The molecule has 6 nitrogen and oxygen atoms in total. The molecule has 2 aromatic rings. The molecule has 0 saturated carbocycles. The normalized spacial score (nSPS) is 10.7.